The first-order valence-electron chi connectivity index (χ1n) is 10.8. The van der Waals surface area contributed by atoms with Crippen LogP contribution in [0, 0.1) is 0 Å². The fourth-order valence-corrected chi connectivity index (χ4v) is 3.68. The van der Waals surface area contributed by atoms with E-state index in [9.17, 15) is 50.1 Å². The molecule has 0 aliphatic heterocycles. The molecule has 1 saturated carbocycles. The lowest BCUT2D eigenvalue weighted by Crippen LogP contribution is -2.58. The van der Waals surface area contributed by atoms with Crippen molar-refractivity contribution in [1.29, 1.82) is 0 Å². The van der Waals surface area contributed by atoms with E-state index in [0.717, 1.165) is 18.2 Å². The molecule has 12 nitrogen and oxygen atoms in total. The van der Waals surface area contributed by atoms with E-state index in [1.165, 1.54) is 42.5 Å². The zero-order valence-electron chi connectivity index (χ0n) is 19.1. The average molecular weight is 516 g/mol. The van der Waals surface area contributed by atoms with Crippen molar-refractivity contribution in [2.24, 2.45) is 0 Å². The summed E-state index contributed by atoms with van der Waals surface area (Å²) in [6.07, 6.45) is -2.09. The number of aromatic hydroxyl groups is 4. The van der Waals surface area contributed by atoms with E-state index >= 15 is 0 Å². The van der Waals surface area contributed by atoms with Crippen LogP contribution in [-0.2, 0) is 23.9 Å². The third-order valence-corrected chi connectivity index (χ3v) is 5.62. The SMILES string of the molecule is O=C(/C=C/c1ccc(O)c(O)c1)O[C@H]1C[C@](OC(=O)/C=C/c2ccc(O)c(O)c2)(C(=O)O)C[C@H](O)[C@@H]1O. The number of rotatable bonds is 7. The van der Waals surface area contributed by atoms with Crippen LogP contribution in [0.25, 0.3) is 12.2 Å². The molecule has 4 atom stereocenters. The zero-order chi connectivity index (χ0) is 27.3. The van der Waals surface area contributed by atoms with E-state index in [1.807, 2.05) is 0 Å². The third-order valence-electron chi connectivity index (χ3n) is 5.62. The molecular formula is C25H24O12. The molecule has 0 saturated heterocycles. The van der Waals surface area contributed by atoms with Gasteiger partial charge in [0.2, 0.25) is 5.60 Å². The molecule has 196 valence electrons. The number of hydrogen-bond donors (Lipinski definition) is 7. The lowest BCUT2D eigenvalue weighted by atomic mass is 9.79. The molecule has 1 fully saturated rings. The first-order chi connectivity index (χ1) is 17.4. The molecule has 7 N–H and O–H groups in total. The van der Waals surface area contributed by atoms with Crippen LogP contribution in [0.1, 0.15) is 24.0 Å². The highest BCUT2D eigenvalue weighted by Gasteiger charge is 2.54. The minimum absolute atomic E-state index is 0.288. The molecule has 37 heavy (non-hydrogen) atoms. The van der Waals surface area contributed by atoms with Crippen molar-refractivity contribution in [2.45, 2.75) is 36.8 Å². The van der Waals surface area contributed by atoms with E-state index in [4.69, 9.17) is 9.47 Å². The van der Waals surface area contributed by atoms with Gasteiger partial charge in [-0.25, -0.2) is 14.4 Å². The summed E-state index contributed by atoms with van der Waals surface area (Å²) in [6.45, 7) is 0. The van der Waals surface area contributed by atoms with Gasteiger partial charge in [0, 0.05) is 25.0 Å². The Morgan fingerprint density at radius 2 is 1.30 bits per heavy atom. The molecule has 12 heteroatoms. The maximum atomic E-state index is 12.4. The fourth-order valence-electron chi connectivity index (χ4n) is 3.68. The van der Waals surface area contributed by atoms with Gasteiger partial charge in [-0.05, 0) is 47.5 Å². The summed E-state index contributed by atoms with van der Waals surface area (Å²) in [5.41, 5.74) is -1.73. The molecule has 0 heterocycles. The van der Waals surface area contributed by atoms with Crippen molar-refractivity contribution in [3.63, 3.8) is 0 Å². The number of carbonyl (C=O) groups is 3. The Labute approximate surface area is 209 Å². The number of esters is 2. The summed E-state index contributed by atoms with van der Waals surface area (Å²) >= 11 is 0. The molecule has 0 bridgehead atoms. The van der Waals surface area contributed by atoms with Gasteiger partial charge in [-0.2, -0.15) is 0 Å². The van der Waals surface area contributed by atoms with Crippen LogP contribution in [0.5, 0.6) is 23.0 Å². The maximum Gasteiger partial charge on any atom is 0.348 e. The minimum atomic E-state index is -2.34. The van der Waals surface area contributed by atoms with Crippen LogP contribution in [-0.4, -0.2) is 77.6 Å². The van der Waals surface area contributed by atoms with Crippen molar-refractivity contribution < 1.29 is 59.6 Å². The molecule has 0 aromatic heterocycles. The summed E-state index contributed by atoms with van der Waals surface area (Å²) < 4.78 is 10.2. The number of ether oxygens (including phenoxy) is 2. The second-order valence-electron chi connectivity index (χ2n) is 8.33. The molecule has 1 aliphatic rings. The smallest absolute Gasteiger partial charge is 0.348 e. The Morgan fingerprint density at radius 1 is 0.784 bits per heavy atom. The quantitative estimate of drug-likeness (QED) is 0.156. The van der Waals surface area contributed by atoms with Gasteiger partial charge in [-0.3, -0.25) is 0 Å². The van der Waals surface area contributed by atoms with Crippen molar-refractivity contribution in [3.8, 4) is 23.0 Å². The molecule has 1 aliphatic carbocycles. The standard InChI is InChI=1S/C25H24O12/c26-15-5-1-13(9-17(15)28)3-7-21(31)36-20-12-25(24(34)35,11-19(30)23(20)33)37-22(32)8-4-14-2-6-16(27)18(29)10-14/h1-10,19-20,23,26-30,33H,11-12H2,(H,34,35)/b7-3+,8-4+/t19-,20-,23-,25-/m0/s1. The summed E-state index contributed by atoms with van der Waals surface area (Å²) in [5, 5.41) is 68.0. The summed E-state index contributed by atoms with van der Waals surface area (Å²) in [7, 11) is 0. The molecule has 0 spiro atoms. The molecule has 0 radical (unpaired) electrons. The van der Waals surface area contributed by atoms with Gasteiger partial charge in [-0.15, -0.1) is 0 Å². The molecule has 2 aromatic carbocycles. The number of benzene rings is 2. The Balaban J connectivity index is 1.73. The first kappa shape index (κ1) is 27.0. The monoisotopic (exact) mass is 516 g/mol. The number of carboxylic acid groups (broad SMARTS) is 1. The lowest BCUT2D eigenvalue weighted by Gasteiger charge is -2.41. The van der Waals surface area contributed by atoms with Crippen LogP contribution in [0.2, 0.25) is 0 Å². The van der Waals surface area contributed by atoms with E-state index in [-0.39, 0.29) is 17.1 Å². The van der Waals surface area contributed by atoms with Gasteiger partial charge in [0.05, 0.1) is 6.10 Å². The molecule has 3 rings (SSSR count). The lowest BCUT2D eigenvalue weighted by molar-refractivity contribution is -0.207. The number of aliphatic hydroxyl groups is 2. The van der Waals surface area contributed by atoms with E-state index in [0.29, 0.717) is 5.56 Å². The van der Waals surface area contributed by atoms with Gasteiger partial charge in [0.15, 0.2) is 23.0 Å². The number of hydrogen-bond acceptors (Lipinski definition) is 11. The van der Waals surface area contributed by atoms with Gasteiger partial charge in [0.1, 0.15) is 12.2 Å². The van der Waals surface area contributed by atoms with E-state index < -0.39 is 66.2 Å². The topological polar surface area (TPSA) is 211 Å². The Hall–Kier alpha value is -4.55. The van der Waals surface area contributed by atoms with Crippen LogP contribution in [0.3, 0.4) is 0 Å². The van der Waals surface area contributed by atoms with Gasteiger partial charge in [0.25, 0.3) is 0 Å². The Morgan fingerprint density at radius 3 is 1.78 bits per heavy atom. The Bertz CT molecular complexity index is 1250. The zero-order valence-corrected chi connectivity index (χ0v) is 19.1. The van der Waals surface area contributed by atoms with Gasteiger partial charge < -0.3 is 45.2 Å². The second kappa shape index (κ2) is 11.0. The molecular weight excluding hydrogens is 492 g/mol. The van der Waals surface area contributed by atoms with Crippen molar-refractivity contribution in [3.05, 3.63) is 59.7 Å². The van der Waals surface area contributed by atoms with Gasteiger partial charge >= 0.3 is 17.9 Å². The predicted molar refractivity (Wildman–Crippen MR) is 125 cm³/mol. The number of carbonyl (C=O) groups excluding carboxylic acids is 2. The molecule has 2 aromatic rings. The highest BCUT2D eigenvalue weighted by molar-refractivity contribution is 5.91. The van der Waals surface area contributed by atoms with Gasteiger partial charge in [-0.1, -0.05) is 12.1 Å². The molecule has 0 unspecified atom stereocenters. The first-order valence-corrected chi connectivity index (χ1v) is 10.8. The number of phenolic OH excluding ortho intramolecular Hbond substituents is 4. The van der Waals surface area contributed by atoms with Crippen LogP contribution in [0.4, 0.5) is 0 Å². The highest BCUT2D eigenvalue weighted by Crippen LogP contribution is 2.35. The van der Waals surface area contributed by atoms with E-state index in [1.54, 1.807) is 0 Å². The van der Waals surface area contributed by atoms with Crippen LogP contribution < -0.4 is 0 Å². The largest absolute Gasteiger partial charge is 0.504 e. The average Bonchev–Trinajstić information content (AvgIpc) is 2.83. The van der Waals surface area contributed by atoms with E-state index in [2.05, 4.69) is 0 Å². The fraction of sp³-hybridized carbons (Fsp3) is 0.240. The summed E-state index contributed by atoms with van der Waals surface area (Å²) in [5.74, 6) is -5.41. The normalized spacial score (nSPS) is 23.7. The number of aliphatic hydroxyl groups excluding tert-OH is 2. The van der Waals surface area contributed by atoms with Crippen molar-refractivity contribution in [1.82, 2.24) is 0 Å². The minimum Gasteiger partial charge on any atom is -0.504 e. The van der Waals surface area contributed by atoms with Crippen LogP contribution in [0.15, 0.2) is 48.6 Å². The third kappa shape index (κ3) is 6.57. The Kier molecular flexibility index (Phi) is 8.05. The summed E-state index contributed by atoms with van der Waals surface area (Å²) in [6, 6.07) is 7.44. The van der Waals surface area contributed by atoms with Crippen molar-refractivity contribution >= 4 is 30.1 Å². The molecule has 0 amide bonds. The number of carboxylic acids is 1. The van der Waals surface area contributed by atoms with Crippen molar-refractivity contribution in [2.75, 3.05) is 0 Å². The number of phenols is 4. The summed E-state index contributed by atoms with van der Waals surface area (Å²) in [4.78, 5) is 36.7. The highest BCUT2D eigenvalue weighted by atomic mass is 16.6. The second-order valence-corrected chi connectivity index (χ2v) is 8.33. The maximum absolute atomic E-state index is 12.4. The predicted octanol–water partition coefficient (Wildman–Crippen LogP) is 1.03. The number of aliphatic carboxylic acids is 1. The van der Waals surface area contributed by atoms with Crippen LogP contribution >= 0.6 is 0 Å².